The Morgan fingerprint density at radius 1 is 1.11 bits per heavy atom. The van der Waals surface area contributed by atoms with E-state index in [0.717, 1.165) is 38.6 Å². The van der Waals surface area contributed by atoms with E-state index in [4.69, 9.17) is 15.2 Å². The molecule has 0 saturated heterocycles. The van der Waals surface area contributed by atoms with Crippen LogP contribution in [0.2, 0.25) is 0 Å². The highest BCUT2D eigenvalue weighted by Gasteiger charge is 2.31. The lowest BCUT2D eigenvalue weighted by Gasteiger charge is -2.29. The molecule has 0 bridgehead atoms. The SMILES string of the molecule is COCCCCCCCCCCCC(=O)OCC(CO)(CC=O)CCn1cnc2cnc(N)nc21. The molecule has 2 aromatic rings. The van der Waals surface area contributed by atoms with Crippen molar-refractivity contribution < 1.29 is 24.2 Å². The minimum atomic E-state index is -0.851. The largest absolute Gasteiger partial charge is 0.465 e. The van der Waals surface area contributed by atoms with E-state index in [0.29, 0.717) is 30.6 Å². The van der Waals surface area contributed by atoms with Crippen molar-refractivity contribution in [1.29, 1.82) is 0 Å². The number of methoxy groups -OCH3 is 1. The lowest BCUT2D eigenvalue weighted by atomic mass is 9.83. The summed E-state index contributed by atoms with van der Waals surface area (Å²) in [6.07, 6.45) is 14.9. The maximum Gasteiger partial charge on any atom is 0.305 e. The average molecular weight is 492 g/mol. The van der Waals surface area contributed by atoms with Crippen molar-refractivity contribution in [3.05, 3.63) is 12.5 Å². The molecule has 2 heterocycles. The van der Waals surface area contributed by atoms with E-state index in [-0.39, 0.29) is 31.6 Å². The lowest BCUT2D eigenvalue weighted by molar-refractivity contribution is -0.149. The van der Waals surface area contributed by atoms with Crippen molar-refractivity contribution in [2.24, 2.45) is 5.41 Å². The molecule has 2 rings (SSSR count). The van der Waals surface area contributed by atoms with Gasteiger partial charge in [0.25, 0.3) is 0 Å². The third kappa shape index (κ3) is 10.3. The van der Waals surface area contributed by atoms with Crippen molar-refractivity contribution in [1.82, 2.24) is 19.5 Å². The fourth-order valence-electron chi connectivity index (χ4n) is 4.05. The number of hydrogen-bond donors (Lipinski definition) is 2. The number of aliphatic hydroxyl groups is 1. The molecular formula is C25H41N5O5. The van der Waals surface area contributed by atoms with Gasteiger partial charge < -0.3 is 29.7 Å². The van der Waals surface area contributed by atoms with Crippen LogP contribution in [-0.2, 0) is 25.6 Å². The van der Waals surface area contributed by atoms with E-state index in [2.05, 4.69) is 15.0 Å². The zero-order valence-electron chi connectivity index (χ0n) is 21.0. The van der Waals surface area contributed by atoms with Gasteiger partial charge in [-0.15, -0.1) is 0 Å². The van der Waals surface area contributed by atoms with Crippen LogP contribution in [0.25, 0.3) is 11.2 Å². The summed E-state index contributed by atoms with van der Waals surface area (Å²) < 4.78 is 12.3. The molecule has 2 aromatic heterocycles. The number of carbonyl (C=O) groups excluding carboxylic acids is 2. The number of unbranched alkanes of at least 4 members (excludes halogenated alkanes) is 8. The predicted octanol–water partition coefficient (Wildman–Crippen LogP) is 3.46. The Morgan fingerprint density at radius 2 is 1.80 bits per heavy atom. The number of aryl methyl sites for hydroxylation is 1. The molecule has 35 heavy (non-hydrogen) atoms. The Hall–Kier alpha value is -2.59. The average Bonchev–Trinajstić information content (AvgIpc) is 3.26. The van der Waals surface area contributed by atoms with Gasteiger partial charge in [-0.05, 0) is 19.3 Å². The Bertz CT molecular complexity index is 890. The number of aromatic nitrogens is 4. The van der Waals surface area contributed by atoms with E-state index in [1.165, 1.54) is 32.1 Å². The van der Waals surface area contributed by atoms with E-state index < -0.39 is 5.41 Å². The molecule has 0 spiro atoms. The zero-order chi connectivity index (χ0) is 25.4. The number of esters is 1. The highest BCUT2D eigenvalue weighted by molar-refractivity contribution is 5.70. The first kappa shape index (κ1) is 28.6. The van der Waals surface area contributed by atoms with Gasteiger partial charge >= 0.3 is 5.97 Å². The highest BCUT2D eigenvalue weighted by atomic mass is 16.5. The number of fused-ring (bicyclic) bond motifs is 1. The number of rotatable bonds is 20. The summed E-state index contributed by atoms with van der Waals surface area (Å²) in [6, 6.07) is 0. The van der Waals surface area contributed by atoms with Crippen LogP contribution in [0.1, 0.15) is 77.0 Å². The van der Waals surface area contributed by atoms with Crippen LogP contribution >= 0.6 is 0 Å². The quantitative estimate of drug-likeness (QED) is 0.162. The molecule has 1 unspecified atom stereocenters. The monoisotopic (exact) mass is 491 g/mol. The third-order valence-corrected chi connectivity index (χ3v) is 6.38. The van der Waals surface area contributed by atoms with Crippen molar-refractivity contribution >= 4 is 29.4 Å². The predicted molar refractivity (Wildman–Crippen MR) is 134 cm³/mol. The van der Waals surface area contributed by atoms with Crippen molar-refractivity contribution in [2.75, 3.05) is 32.7 Å². The normalized spacial score (nSPS) is 13.1. The van der Waals surface area contributed by atoms with Gasteiger partial charge in [0.15, 0.2) is 5.65 Å². The number of hydrogen-bond acceptors (Lipinski definition) is 9. The number of nitrogens with two attached hydrogens (primary N) is 1. The first-order valence-electron chi connectivity index (χ1n) is 12.7. The molecule has 1 atom stereocenters. The number of nitrogen functional groups attached to an aromatic ring is 1. The standard InChI is InChI=1S/C25H41N5O5/c1-34-16-10-8-6-4-2-3-5-7-9-11-22(33)35-19-25(18-32,13-15-31)12-14-30-20-28-21-17-27-24(26)29-23(21)30/h15,17,20,32H,2-14,16,18-19H2,1H3,(H2,26,27,29). The minimum Gasteiger partial charge on any atom is -0.465 e. The highest BCUT2D eigenvalue weighted by Crippen LogP contribution is 2.28. The molecule has 0 radical (unpaired) electrons. The number of ether oxygens (including phenoxy) is 2. The summed E-state index contributed by atoms with van der Waals surface area (Å²) in [5.41, 5.74) is 6.02. The second kappa shape index (κ2) is 16.1. The third-order valence-electron chi connectivity index (χ3n) is 6.38. The van der Waals surface area contributed by atoms with Crippen LogP contribution in [0.5, 0.6) is 0 Å². The maximum absolute atomic E-state index is 12.3. The summed E-state index contributed by atoms with van der Waals surface area (Å²) in [4.78, 5) is 36.0. The number of aliphatic hydroxyl groups excluding tert-OH is 1. The van der Waals surface area contributed by atoms with Gasteiger partial charge in [-0.2, -0.15) is 4.98 Å². The van der Waals surface area contributed by atoms with E-state index in [1.54, 1.807) is 24.2 Å². The molecule has 0 fully saturated rings. The summed E-state index contributed by atoms with van der Waals surface area (Å²) in [5, 5.41) is 10.1. The van der Waals surface area contributed by atoms with Gasteiger partial charge in [0, 0.05) is 38.5 Å². The lowest BCUT2D eigenvalue weighted by Crippen LogP contribution is -2.34. The van der Waals surface area contributed by atoms with Crippen molar-refractivity contribution in [3.8, 4) is 0 Å². The Morgan fingerprint density at radius 3 is 2.46 bits per heavy atom. The van der Waals surface area contributed by atoms with Crippen molar-refractivity contribution in [3.63, 3.8) is 0 Å². The second-order valence-electron chi connectivity index (χ2n) is 9.24. The van der Waals surface area contributed by atoms with Crippen LogP contribution in [0, 0.1) is 5.41 Å². The zero-order valence-corrected chi connectivity index (χ0v) is 21.0. The number of imidazole rings is 1. The second-order valence-corrected chi connectivity index (χ2v) is 9.24. The minimum absolute atomic E-state index is 0.00605. The number of nitrogens with zero attached hydrogens (tertiary/aromatic N) is 4. The Kier molecular flexibility index (Phi) is 13.2. The number of anilines is 1. The topological polar surface area (TPSA) is 142 Å². The first-order valence-corrected chi connectivity index (χ1v) is 12.7. The molecule has 0 aliphatic carbocycles. The van der Waals surface area contributed by atoms with Gasteiger partial charge in [0.2, 0.25) is 5.95 Å². The van der Waals surface area contributed by atoms with E-state index >= 15 is 0 Å². The van der Waals surface area contributed by atoms with Gasteiger partial charge in [0.05, 0.1) is 25.7 Å². The molecular weight excluding hydrogens is 450 g/mol. The van der Waals surface area contributed by atoms with Gasteiger partial charge in [0.1, 0.15) is 11.8 Å². The summed E-state index contributed by atoms with van der Waals surface area (Å²) in [7, 11) is 1.74. The Balaban J connectivity index is 1.69. The van der Waals surface area contributed by atoms with Crippen LogP contribution in [-0.4, -0.2) is 63.8 Å². The summed E-state index contributed by atoms with van der Waals surface area (Å²) in [5.74, 6) is -0.145. The van der Waals surface area contributed by atoms with E-state index in [1.807, 2.05) is 0 Å². The summed E-state index contributed by atoms with van der Waals surface area (Å²) >= 11 is 0. The van der Waals surface area contributed by atoms with Gasteiger partial charge in [-0.1, -0.05) is 44.9 Å². The molecule has 10 nitrogen and oxygen atoms in total. The van der Waals surface area contributed by atoms with E-state index in [9.17, 15) is 14.7 Å². The summed E-state index contributed by atoms with van der Waals surface area (Å²) in [6.45, 7) is 1.00. The van der Waals surface area contributed by atoms with Crippen molar-refractivity contribution in [2.45, 2.75) is 83.6 Å². The molecule has 0 aromatic carbocycles. The molecule has 3 N–H and O–H groups in total. The van der Waals surface area contributed by atoms with Crippen LogP contribution in [0.15, 0.2) is 12.5 Å². The first-order chi connectivity index (χ1) is 17.0. The molecule has 10 heteroatoms. The van der Waals surface area contributed by atoms with Crippen LogP contribution in [0.3, 0.4) is 0 Å². The van der Waals surface area contributed by atoms with Crippen LogP contribution < -0.4 is 5.73 Å². The molecule has 0 amide bonds. The molecule has 0 saturated carbocycles. The molecule has 0 aliphatic rings. The van der Waals surface area contributed by atoms with Crippen LogP contribution in [0.4, 0.5) is 5.95 Å². The fraction of sp³-hybridized carbons (Fsp3) is 0.720. The Labute approximate surface area is 207 Å². The smallest absolute Gasteiger partial charge is 0.305 e. The fourth-order valence-corrected chi connectivity index (χ4v) is 4.05. The molecule has 0 aliphatic heterocycles. The number of carbonyl (C=O) groups is 2. The van der Waals surface area contributed by atoms with Gasteiger partial charge in [-0.3, -0.25) is 4.79 Å². The molecule has 196 valence electrons. The van der Waals surface area contributed by atoms with Gasteiger partial charge in [-0.25, -0.2) is 9.97 Å². The number of aldehydes is 1. The maximum atomic E-state index is 12.3.